The molecule has 2 nitrogen and oxygen atoms in total. The lowest BCUT2D eigenvalue weighted by atomic mass is 10.0. The predicted molar refractivity (Wildman–Crippen MR) is 87.2 cm³/mol. The number of halogens is 1. The maximum absolute atomic E-state index is 6.25. The van der Waals surface area contributed by atoms with E-state index in [1.54, 1.807) is 0 Å². The van der Waals surface area contributed by atoms with Crippen molar-refractivity contribution >= 4 is 15.9 Å². The molecule has 0 aliphatic rings. The van der Waals surface area contributed by atoms with Crippen LogP contribution in [0.4, 0.5) is 0 Å². The Balaban J connectivity index is 2.41. The molecule has 0 radical (unpaired) electrons. The van der Waals surface area contributed by atoms with Gasteiger partial charge in [0.25, 0.3) is 0 Å². The summed E-state index contributed by atoms with van der Waals surface area (Å²) in [5.41, 5.74) is 7.47. The first-order valence-electron chi connectivity index (χ1n) is 7.11. The van der Waals surface area contributed by atoms with E-state index in [0.717, 1.165) is 23.4 Å². The zero-order chi connectivity index (χ0) is 14.4. The van der Waals surface area contributed by atoms with Gasteiger partial charge in [-0.1, -0.05) is 41.9 Å². The van der Waals surface area contributed by atoms with Crippen molar-refractivity contribution in [1.29, 1.82) is 0 Å². The number of nitrogens with two attached hydrogens (primary N) is 1. The third-order valence-corrected chi connectivity index (χ3v) is 4.18. The molecule has 1 aromatic carbocycles. The molecule has 0 fully saturated rings. The molecule has 0 heterocycles. The van der Waals surface area contributed by atoms with Crippen LogP contribution in [0, 0.1) is 5.92 Å². The van der Waals surface area contributed by atoms with Crippen molar-refractivity contribution < 1.29 is 0 Å². The second-order valence-electron chi connectivity index (χ2n) is 5.91. The summed E-state index contributed by atoms with van der Waals surface area (Å²) >= 11 is 3.45. The van der Waals surface area contributed by atoms with E-state index < -0.39 is 0 Å². The molecule has 0 saturated heterocycles. The molecule has 0 saturated carbocycles. The van der Waals surface area contributed by atoms with E-state index in [-0.39, 0.29) is 6.04 Å². The van der Waals surface area contributed by atoms with Crippen LogP contribution in [0.5, 0.6) is 0 Å². The molecule has 108 valence electrons. The topological polar surface area (TPSA) is 29.3 Å². The summed E-state index contributed by atoms with van der Waals surface area (Å²) in [7, 11) is 2.20. The normalized spacial score (nSPS) is 14.9. The summed E-state index contributed by atoms with van der Waals surface area (Å²) in [6, 6.07) is 9.07. The van der Waals surface area contributed by atoms with Gasteiger partial charge in [-0.3, -0.25) is 0 Å². The highest BCUT2D eigenvalue weighted by molar-refractivity contribution is 9.10. The Kier molecular flexibility index (Phi) is 7.05. The van der Waals surface area contributed by atoms with Gasteiger partial charge < -0.3 is 10.6 Å². The lowest BCUT2D eigenvalue weighted by Gasteiger charge is -2.27. The third-order valence-electron chi connectivity index (χ3n) is 3.66. The average molecular weight is 327 g/mol. The van der Waals surface area contributed by atoms with Gasteiger partial charge in [0.1, 0.15) is 0 Å². The molecule has 0 spiro atoms. The summed E-state index contributed by atoms with van der Waals surface area (Å²) in [6.45, 7) is 7.89. The standard InChI is InChI=1S/C16H27BrN2/c1-12(2)11-13(3)19(4)10-9-16(18)14-5-7-15(17)8-6-14/h5-8,12-13,16H,9-11,18H2,1-4H3. The van der Waals surface area contributed by atoms with Gasteiger partial charge in [-0.05, 0) is 57.0 Å². The highest BCUT2D eigenvalue weighted by Gasteiger charge is 2.13. The highest BCUT2D eigenvalue weighted by atomic mass is 79.9. The Bertz CT molecular complexity index is 362. The summed E-state index contributed by atoms with van der Waals surface area (Å²) in [5.74, 6) is 0.748. The summed E-state index contributed by atoms with van der Waals surface area (Å²) < 4.78 is 1.10. The lowest BCUT2D eigenvalue weighted by Crippen LogP contribution is -2.32. The molecule has 3 heteroatoms. The molecular weight excluding hydrogens is 300 g/mol. The first kappa shape index (κ1) is 16.7. The molecule has 1 rings (SSSR count). The molecule has 0 bridgehead atoms. The predicted octanol–water partition coefficient (Wildman–Crippen LogP) is 4.21. The fourth-order valence-corrected chi connectivity index (χ4v) is 2.57. The monoisotopic (exact) mass is 326 g/mol. The van der Waals surface area contributed by atoms with E-state index in [1.165, 1.54) is 12.0 Å². The van der Waals surface area contributed by atoms with E-state index in [1.807, 2.05) is 0 Å². The zero-order valence-corrected chi connectivity index (χ0v) is 14.2. The Morgan fingerprint density at radius 2 is 1.74 bits per heavy atom. The van der Waals surface area contributed by atoms with E-state index in [9.17, 15) is 0 Å². The van der Waals surface area contributed by atoms with Crippen molar-refractivity contribution in [3.63, 3.8) is 0 Å². The van der Waals surface area contributed by atoms with E-state index in [4.69, 9.17) is 5.73 Å². The van der Waals surface area contributed by atoms with Crippen LogP contribution in [0.2, 0.25) is 0 Å². The van der Waals surface area contributed by atoms with E-state index in [0.29, 0.717) is 6.04 Å². The third kappa shape index (κ3) is 6.07. The van der Waals surface area contributed by atoms with Crippen molar-refractivity contribution in [2.24, 2.45) is 11.7 Å². The van der Waals surface area contributed by atoms with Crippen LogP contribution in [-0.2, 0) is 0 Å². The summed E-state index contributed by atoms with van der Waals surface area (Å²) in [5, 5.41) is 0. The van der Waals surface area contributed by atoms with Crippen molar-refractivity contribution in [3.8, 4) is 0 Å². The smallest absolute Gasteiger partial charge is 0.0307 e. The van der Waals surface area contributed by atoms with Gasteiger partial charge >= 0.3 is 0 Å². The first-order chi connectivity index (χ1) is 8.90. The number of hydrogen-bond acceptors (Lipinski definition) is 2. The fraction of sp³-hybridized carbons (Fsp3) is 0.625. The van der Waals surface area contributed by atoms with Crippen LogP contribution < -0.4 is 5.73 Å². The van der Waals surface area contributed by atoms with Crippen LogP contribution in [-0.4, -0.2) is 24.5 Å². The molecule has 2 atom stereocenters. The fourth-order valence-electron chi connectivity index (χ4n) is 2.30. The molecule has 0 aliphatic carbocycles. The minimum Gasteiger partial charge on any atom is -0.324 e. The van der Waals surface area contributed by atoms with Gasteiger partial charge in [0.05, 0.1) is 0 Å². The quantitative estimate of drug-likeness (QED) is 0.813. The second-order valence-corrected chi connectivity index (χ2v) is 6.82. The number of benzene rings is 1. The Hall–Kier alpha value is -0.380. The lowest BCUT2D eigenvalue weighted by molar-refractivity contribution is 0.221. The minimum atomic E-state index is 0.127. The van der Waals surface area contributed by atoms with E-state index in [2.05, 4.69) is 72.9 Å². The number of hydrogen-bond donors (Lipinski definition) is 1. The van der Waals surface area contributed by atoms with Crippen molar-refractivity contribution in [2.45, 2.75) is 45.7 Å². The van der Waals surface area contributed by atoms with Gasteiger partial charge in [0, 0.05) is 16.6 Å². The van der Waals surface area contributed by atoms with Gasteiger partial charge in [-0.15, -0.1) is 0 Å². The first-order valence-corrected chi connectivity index (χ1v) is 7.90. The van der Waals surface area contributed by atoms with Gasteiger partial charge in [-0.25, -0.2) is 0 Å². The minimum absolute atomic E-state index is 0.127. The van der Waals surface area contributed by atoms with Crippen molar-refractivity contribution in [1.82, 2.24) is 4.90 Å². The SMILES string of the molecule is CC(C)CC(C)N(C)CCC(N)c1ccc(Br)cc1. The number of rotatable bonds is 7. The Morgan fingerprint density at radius 3 is 2.26 bits per heavy atom. The van der Waals surface area contributed by atoms with Crippen LogP contribution in [0.15, 0.2) is 28.7 Å². The van der Waals surface area contributed by atoms with Crippen LogP contribution in [0.25, 0.3) is 0 Å². The maximum Gasteiger partial charge on any atom is 0.0307 e. The largest absolute Gasteiger partial charge is 0.324 e. The molecule has 19 heavy (non-hydrogen) atoms. The zero-order valence-electron chi connectivity index (χ0n) is 12.6. The van der Waals surface area contributed by atoms with Crippen molar-refractivity contribution in [3.05, 3.63) is 34.3 Å². The van der Waals surface area contributed by atoms with Crippen LogP contribution >= 0.6 is 15.9 Å². The molecule has 0 aliphatic heterocycles. The van der Waals surface area contributed by atoms with Gasteiger partial charge in [-0.2, -0.15) is 0 Å². The molecule has 2 unspecified atom stereocenters. The van der Waals surface area contributed by atoms with E-state index >= 15 is 0 Å². The molecule has 2 N–H and O–H groups in total. The summed E-state index contributed by atoms with van der Waals surface area (Å²) in [6.07, 6.45) is 2.24. The van der Waals surface area contributed by atoms with Gasteiger partial charge in [0.15, 0.2) is 0 Å². The second kappa shape index (κ2) is 8.03. The van der Waals surface area contributed by atoms with Crippen molar-refractivity contribution in [2.75, 3.05) is 13.6 Å². The van der Waals surface area contributed by atoms with Gasteiger partial charge in [0.2, 0.25) is 0 Å². The molecule has 0 aromatic heterocycles. The average Bonchev–Trinajstić information content (AvgIpc) is 2.35. The van der Waals surface area contributed by atoms with Crippen LogP contribution in [0.1, 0.15) is 45.2 Å². The maximum atomic E-state index is 6.25. The Labute approximate surface area is 126 Å². The Morgan fingerprint density at radius 1 is 1.16 bits per heavy atom. The molecular formula is C16H27BrN2. The van der Waals surface area contributed by atoms with Crippen LogP contribution in [0.3, 0.4) is 0 Å². The summed E-state index contributed by atoms with van der Waals surface area (Å²) in [4.78, 5) is 2.42. The number of nitrogens with zero attached hydrogens (tertiary/aromatic N) is 1. The highest BCUT2D eigenvalue weighted by Crippen LogP contribution is 2.18. The molecule has 1 aromatic rings. The molecule has 0 amide bonds.